The molecule has 1 aromatic heterocycles. The van der Waals surface area contributed by atoms with Crippen molar-refractivity contribution in [2.45, 2.75) is 13.8 Å². The first-order valence-corrected chi connectivity index (χ1v) is 3.63. The monoisotopic (exact) mass is 202 g/mol. The predicted octanol–water partition coefficient (Wildman–Crippen LogP) is 1.68. The van der Waals surface area contributed by atoms with Crippen LogP contribution in [-0.2, 0) is 0 Å². The van der Waals surface area contributed by atoms with Crippen LogP contribution >= 0.6 is 15.9 Å². The standard InChI is InChI=1S/C6H7BrN2O/c1-3-5(4(2)10)8-9-6(3)7/h1-2H3,(H,8,9). The average Bonchev–Trinajstić information content (AvgIpc) is 2.14. The molecule has 3 nitrogen and oxygen atoms in total. The molecule has 0 radical (unpaired) electrons. The molecule has 0 saturated heterocycles. The van der Waals surface area contributed by atoms with Gasteiger partial charge in [-0.15, -0.1) is 0 Å². The van der Waals surface area contributed by atoms with Gasteiger partial charge in [0.1, 0.15) is 10.3 Å². The molecule has 0 aliphatic carbocycles. The molecule has 0 atom stereocenters. The number of hydrogen-bond donors (Lipinski definition) is 1. The lowest BCUT2D eigenvalue weighted by molar-refractivity contribution is 0.101. The topological polar surface area (TPSA) is 45.8 Å². The Kier molecular flexibility index (Phi) is 1.89. The Hall–Kier alpha value is -0.640. The SMILES string of the molecule is CC(=O)c1n[nH]c(Br)c1C. The van der Waals surface area contributed by atoms with Gasteiger partial charge in [-0.2, -0.15) is 5.10 Å². The third-order valence-corrected chi connectivity index (χ3v) is 2.06. The number of aromatic amines is 1. The van der Waals surface area contributed by atoms with Crippen molar-refractivity contribution < 1.29 is 4.79 Å². The number of carbonyl (C=O) groups is 1. The average molecular weight is 203 g/mol. The lowest BCUT2D eigenvalue weighted by atomic mass is 10.2. The maximum Gasteiger partial charge on any atom is 0.180 e. The van der Waals surface area contributed by atoms with Crippen LogP contribution in [0.25, 0.3) is 0 Å². The number of H-pyrrole nitrogens is 1. The molecular weight excluding hydrogens is 196 g/mol. The molecular formula is C6H7BrN2O. The molecule has 1 aromatic rings. The highest BCUT2D eigenvalue weighted by Gasteiger charge is 2.09. The largest absolute Gasteiger partial charge is 0.293 e. The first kappa shape index (κ1) is 7.47. The molecule has 0 bridgehead atoms. The van der Waals surface area contributed by atoms with Gasteiger partial charge in [-0.1, -0.05) is 0 Å². The van der Waals surface area contributed by atoms with Gasteiger partial charge in [0.15, 0.2) is 5.78 Å². The van der Waals surface area contributed by atoms with Crippen molar-refractivity contribution in [3.05, 3.63) is 15.9 Å². The molecule has 0 fully saturated rings. The fraction of sp³-hybridized carbons (Fsp3) is 0.333. The van der Waals surface area contributed by atoms with Crippen molar-refractivity contribution in [1.82, 2.24) is 10.2 Å². The van der Waals surface area contributed by atoms with Crippen molar-refractivity contribution >= 4 is 21.7 Å². The molecule has 54 valence electrons. The summed E-state index contributed by atoms with van der Waals surface area (Å²) >= 11 is 3.21. The molecule has 0 unspecified atom stereocenters. The second-order valence-corrected chi connectivity index (χ2v) is 2.86. The van der Waals surface area contributed by atoms with Crippen LogP contribution < -0.4 is 0 Å². The minimum absolute atomic E-state index is 0.0144. The lowest BCUT2D eigenvalue weighted by Crippen LogP contribution is -1.94. The van der Waals surface area contributed by atoms with E-state index in [0.717, 1.165) is 10.2 Å². The minimum atomic E-state index is -0.0144. The van der Waals surface area contributed by atoms with E-state index in [9.17, 15) is 4.79 Å². The molecule has 10 heavy (non-hydrogen) atoms. The number of carbonyl (C=O) groups excluding carboxylic acids is 1. The second kappa shape index (κ2) is 2.54. The fourth-order valence-electron chi connectivity index (χ4n) is 0.719. The van der Waals surface area contributed by atoms with E-state index < -0.39 is 0 Å². The summed E-state index contributed by atoms with van der Waals surface area (Å²) < 4.78 is 0.776. The normalized spacial score (nSPS) is 9.90. The Balaban J connectivity index is 3.17. The number of aromatic nitrogens is 2. The van der Waals surface area contributed by atoms with Crippen LogP contribution in [0.4, 0.5) is 0 Å². The van der Waals surface area contributed by atoms with E-state index in [1.54, 1.807) is 0 Å². The summed E-state index contributed by atoms with van der Waals surface area (Å²) in [5.41, 5.74) is 1.37. The second-order valence-electron chi connectivity index (χ2n) is 2.07. The number of rotatable bonds is 1. The molecule has 4 heteroatoms. The molecule has 0 spiro atoms. The summed E-state index contributed by atoms with van der Waals surface area (Å²) in [4.78, 5) is 10.8. The molecule has 1 N–H and O–H groups in total. The Morgan fingerprint density at radius 1 is 1.70 bits per heavy atom. The number of Topliss-reactive ketones (excluding diaryl/α,β-unsaturated/α-hetero) is 1. The van der Waals surface area contributed by atoms with Crippen LogP contribution in [0.3, 0.4) is 0 Å². The molecule has 1 rings (SSSR count). The van der Waals surface area contributed by atoms with Crippen molar-refractivity contribution in [3.63, 3.8) is 0 Å². The quantitative estimate of drug-likeness (QED) is 0.705. The Morgan fingerprint density at radius 2 is 2.30 bits per heavy atom. The third kappa shape index (κ3) is 1.11. The van der Waals surface area contributed by atoms with Gasteiger partial charge in [-0.05, 0) is 22.9 Å². The lowest BCUT2D eigenvalue weighted by Gasteiger charge is -1.87. The highest BCUT2D eigenvalue weighted by molar-refractivity contribution is 9.10. The Labute approximate surface area is 67.0 Å². The van der Waals surface area contributed by atoms with Gasteiger partial charge in [0.05, 0.1) is 0 Å². The first-order valence-electron chi connectivity index (χ1n) is 2.84. The molecule has 0 aromatic carbocycles. The van der Waals surface area contributed by atoms with Crippen LogP contribution in [0.2, 0.25) is 0 Å². The molecule has 0 aliphatic heterocycles. The number of nitrogens with one attached hydrogen (secondary N) is 1. The van der Waals surface area contributed by atoms with E-state index in [1.807, 2.05) is 6.92 Å². The van der Waals surface area contributed by atoms with E-state index in [-0.39, 0.29) is 5.78 Å². The van der Waals surface area contributed by atoms with Crippen molar-refractivity contribution in [1.29, 1.82) is 0 Å². The summed E-state index contributed by atoms with van der Waals surface area (Å²) in [5, 5.41) is 6.46. The Morgan fingerprint density at radius 3 is 2.50 bits per heavy atom. The van der Waals surface area contributed by atoms with Crippen molar-refractivity contribution in [2.24, 2.45) is 0 Å². The van der Waals surface area contributed by atoms with Crippen molar-refractivity contribution in [3.8, 4) is 0 Å². The van der Waals surface area contributed by atoms with Crippen LogP contribution in [0.15, 0.2) is 4.60 Å². The van der Waals surface area contributed by atoms with E-state index in [2.05, 4.69) is 26.1 Å². The van der Waals surface area contributed by atoms with Gasteiger partial charge in [0.25, 0.3) is 0 Å². The summed E-state index contributed by atoms with van der Waals surface area (Å²) in [5.74, 6) is -0.0144. The van der Waals surface area contributed by atoms with E-state index in [1.165, 1.54) is 6.92 Å². The van der Waals surface area contributed by atoms with Gasteiger partial charge >= 0.3 is 0 Å². The summed E-state index contributed by atoms with van der Waals surface area (Å²) in [6.45, 7) is 3.33. The summed E-state index contributed by atoms with van der Waals surface area (Å²) in [6, 6.07) is 0. The zero-order chi connectivity index (χ0) is 7.72. The zero-order valence-corrected chi connectivity index (χ0v) is 7.32. The summed E-state index contributed by atoms with van der Waals surface area (Å²) in [7, 11) is 0. The maximum absolute atomic E-state index is 10.8. The van der Waals surface area contributed by atoms with Gasteiger partial charge in [0.2, 0.25) is 0 Å². The van der Waals surface area contributed by atoms with Crippen LogP contribution in [-0.4, -0.2) is 16.0 Å². The van der Waals surface area contributed by atoms with Gasteiger partial charge in [-0.25, -0.2) is 0 Å². The minimum Gasteiger partial charge on any atom is -0.293 e. The van der Waals surface area contributed by atoms with Gasteiger partial charge in [-0.3, -0.25) is 9.89 Å². The zero-order valence-electron chi connectivity index (χ0n) is 5.73. The number of nitrogens with zero attached hydrogens (tertiary/aromatic N) is 1. The molecule has 1 heterocycles. The van der Waals surface area contributed by atoms with Gasteiger partial charge in [0, 0.05) is 12.5 Å². The smallest absolute Gasteiger partial charge is 0.180 e. The molecule has 0 aliphatic rings. The predicted molar refractivity (Wildman–Crippen MR) is 41.0 cm³/mol. The van der Waals surface area contributed by atoms with Crippen LogP contribution in [0.5, 0.6) is 0 Å². The fourth-order valence-corrected chi connectivity index (χ4v) is 0.996. The van der Waals surface area contributed by atoms with Gasteiger partial charge < -0.3 is 0 Å². The third-order valence-electron chi connectivity index (χ3n) is 1.28. The first-order chi connectivity index (χ1) is 4.63. The highest BCUT2D eigenvalue weighted by Crippen LogP contribution is 2.15. The van der Waals surface area contributed by atoms with Crippen LogP contribution in [0, 0.1) is 6.92 Å². The van der Waals surface area contributed by atoms with E-state index in [4.69, 9.17) is 0 Å². The summed E-state index contributed by atoms with van der Waals surface area (Å²) in [6.07, 6.45) is 0. The maximum atomic E-state index is 10.8. The number of halogens is 1. The van der Waals surface area contributed by atoms with E-state index >= 15 is 0 Å². The van der Waals surface area contributed by atoms with Crippen LogP contribution in [0.1, 0.15) is 23.0 Å². The number of hydrogen-bond acceptors (Lipinski definition) is 2. The Bertz CT molecular complexity index is 267. The van der Waals surface area contributed by atoms with E-state index in [0.29, 0.717) is 5.69 Å². The molecule has 0 saturated carbocycles. The highest BCUT2D eigenvalue weighted by atomic mass is 79.9. The number of ketones is 1. The van der Waals surface area contributed by atoms with Crippen molar-refractivity contribution in [2.75, 3.05) is 0 Å². The molecule has 0 amide bonds.